The highest BCUT2D eigenvalue weighted by molar-refractivity contribution is 14.1. The van der Waals surface area contributed by atoms with Crippen LogP contribution in [0.2, 0.25) is 0 Å². The highest BCUT2D eigenvalue weighted by Crippen LogP contribution is 2.31. The quantitative estimate of drug-likeness (QED) is 0.289. The van der Waals surface area contributed by atoms with Gasteiger partial charge in [-0.05, 0) is 17.0 Å². The number of allylic oxidation sites excluding steroid dienone is 1. The third-order valence-electron chi connectivity index (χ3n) is 3.34. The second kappa shape index (κ2) is 8.73. The van der Waals surface area contributed by atoms with Gasteiger partial charge in [-0.25, -0.2) is 4.79 Å². The van der Waals surface area contributed by atoms with Gasteiger partial charge < -0.3 is 4.74 Å². The summed E-state index contributed by atoms with van der Waals surface area (Å²) in [4.78, 5) is 11.8. The van der Waals surface area contributed by atoms with Crippen LogP contribution in [0.4, 0.5) is 0 Å². The molecule has 2 rings (SSSR count). The summed E-state index contributed by atoms with van der Waals surface area (Å²) in [6.07, 6.45) is 3.44. The van der Waals surface area contributed by atoms with Gasteiger partial charge in [-0.15, -0.1) is 0 Å². The first-order valence-electron chi connectivity index (χ1n) is 7.24. The molecule has 2 nitrogen and oxygen atoms in total. The van der Waals surface area contributed by atoms with Crippen molar-refractivity contribution in [1.29, 1.82) is 0 Å². The summed E-state index contributed by atoms with van der Waals surface area (Å²) in [5.41, 5.74) is 2.26. The van der Waals surface area contributed by atoms with Gasteiger partial charge in [-0.2, -0.15) is 0 Å². The third kappa shape index (κ3) is 5.30. The molecule has 0 saturated heterocycles. The van der Waals surface area contributed by atoms with Crippen molar-refractivity contribution in [2.45, 2.75) is 17.5 Å². The maximum atomic E-state index is 11.8. The first-order valence-corrected chi connectivity index (χ1v) is 8.49. The van der Waals surface area contributed by atoms with E-state index in [9.17, 15) is 4.79 Å². The van der Waals surface area contributed by atoms with Gasteiger partial charge >= 0.3 is 5.97 Å². The number of alkyl halides is 1. The average molecular weight is 406 g/mol. The molecule has 3 heteroatoms. The van der Waals surface area contributed by atoms with E-state index in [0.29, 0.717) is 10.5 Å². The second-order valence-electron chi connectivity index (χ2n) is 5.12. The van der Waals surface area contributed by atoms with Crippen molar-refractivity contribution < 1.29 is 9.53 Å². The monoisotopic (exact) mass is 406 g/mol. The fraction of sp³-hybridized carbons (Fsp3) is 0.211. The average Bonchev–Trinajstić information content (AvgIpc) is 2.58. The molecule has 0 aliphatic heterocycles. The van der Waals surface area contributed by atoms with E-state index in [4.69, 9.17) is 4.74 Å². The van der Waals surface area contributed by atoms with E-state index in [1.807, 2.05) is 54.6 Å². The molecule has 114 valence electrons. The maximum absolute atomic E-state index is 11.8. The van der Waals surface area contributed by atoms with Crippen LogP contribution < -0.4 is 0 Å². The van der Waals surface area contributed by atoms with Crippen molar-refractivity contribution in [2.24, 2.45) is 5.92 Å². The van der Waals surface area contributed by atoms with Gasteiger partial charge in [0.05, 0.1) is 0 Å². The third-order valence-corrected chi connectivity index (χ3v) is 5.19. The summed E-state index contributed by atoms with van der Waals surface area (Å²) < 4.78 is 5.57. The summed E-state index contributed by atoms with van der Waals surface area (Å²) in [6, 6.07) is 20.0. The van der Waals surface area contributed by atoms with Crippen LogP contribution in [-0.2, 0) is 16.1 Å². The molecule has 0 aromatic heterocycles. The summed E-state index contributed by atoms with van der Waals surface area (Å²) in [5, 5.41) is 0. The summed E-state index contributed by atoms with van der Waals surface area (Å²) in [5.74, 6) is -0.0420. The molecule has 2 atom stereocenters. The predicted molar refractivity (Wildman–Crippen MR) is 97.7 cm³/mol. The number of carbonyl (C=O) groups is 1. The number of esters is 1. The zero-order valence-corrected chi connectivity index (χ0v) is 14.6. The van der Waals surface area contributed by atoms with E-state index in [0.717, 1.165) is 5.56 Å². The molecular weight excluding hydrogens is 387 g/mol. The lowest BCUT2D eigenvalue weighted by Gasteiger charge is -2.15. The Morgan fingerprint density at radius 2 is 1.68 bits per heavy atom. The molecule has 0 bridgehead atoms. The van der Waals surface area contributed by atoms with Crippen LogP contribution in [0.25, 0.3) is 0 Å². The maximum Gasteiger partial charge on any atom is 0.330 e. The minimum atomic E-state index is -0.299. The van der Waals surface area contributed by atoms with Gasteiger partial charge in [0.1, 0.15) is 6.61 Å². The van der Waals surface area contributed by atoms with Crippen LogP contribution in [0.3, 0.4) is 0 Å². The molecule has 0 aliphatic carbocycles. The number of hydrogen-bond acceptors (Lipinski definition) is 2. The minimum absolute atomic E-state index is 0.257. The van der Waals surface area contributed by atoms with E-state index in [1.54, 1.807) is 0 Å². The number of carbonyl (C=O) groups excluding carboxylic acids is 1. The van der Waals surface area contributed by atoms with E-state index >= 15 is 0 Å². The van der Waals surface area contributed by atoms with E-state index < -0.39 is 0 Å². The molecule has 0 radical (unpaired) electrons. The van der Waals surface area contributed by atoms with Crippen molar-refractivity contribution in [1.82, 2.24) is 0 Å². The number of halogens is 1. The van der Waals surface area contributed by atoms with Crippen molar-refractivity contribution >= 4 is 28.6 Å². The van der Waals surface area contributed by atoms with Gasteiger partial charge in [0.2, 0.25) is 0 Å². The fourth-order valence-electron chi connectivity index (χ4n) is 2.05. The van der Waals surface area contributed by atoms with Gasteiger partial charge in [0, 0.05) is 10.0 Å². The first kappa shape index (κ1) is 16.7. The molecule has 0 saturated carbocycles. The molecule has 0 spiro atoms. The molecule has 0 aliphatic rings. The summed E-state index contributed by atoms with van der Waals surface area (Å²) in [6.45, 7) is 2.41. The Morgan fingerprint density at radius 3 is 2.32 bits per heavy atom. The Kier molecular flexibility index (Phi) is 6.65. The van der Waals surface area contributed by atoms with Crippen molar-refractivity contribution in [3.05, 3.63) is 83.9 Å². The fourth-order valence-corrected chi connectivity index (χ4v) is 2.70. The number of rotatable bonds is 6. The Balaban J connectivity index is 1.84. The standard InChI is InChI=1S/C19H19IO2/c1-15(19(20)17-10-6-3-7-11-17)12-13-18(21)22-14-16-8-4-2-5-9-16/h2-13,15,19H,14H2,1H3/b13-12+. The van der Waals surface area contributed by atoms with Crippen molar-refractivity contribution in [3.8, 4) is 0 Å². The van der Waals surface area contributed by atoms with Gasteiger partial charge in [-0.3, -0.25) is 0 Å². The van der Waals surface area contributed by atoms with Gasteiger partial charge in [0.15, 0.2) is 0 Å². The van der Waals surface area contributed by atoms with Gasteiger partial charge in [0.25, 0.3) is 0 Å². The number of benzene rings is 2. The Morgan fingerprint density at radius 1 is 1.09 bits per heavy atom. The Bertz CT molecular complexity index is 608. The van der Waals surface area contributed by atoms with Crippen LogP contribution in [0.15, 0.2) is 72.8 Å². The number of ether oxygens (including phenoxy) is 1. The zero-order valence-electron chi connectivity index (χ0n) is 12.5. The van der Waals surface area contributed by atoms with E-state index in [2.05, 4.69) is 41.6 Å². The SMILES string of the molecule is CC(/C=C/C(=O)OCc1ccccc1)C(I)c1ccccc1. The predicted octanol–water partition coefficient (Wildman–Crippen LogP) is 5.10. The largest absolute Gasteiger partial charge is 0.458 e. The van der Waals surface area contributed by atoms with Crippen LogP contribution >= 0.6 is 22.6 Å². The lowest BCUT2D eigenvalue weighted by molar-refractivity contribution is -0.139. The number of hydrogen-bond donors (Lipinski definition) is 0. The zero-order chi connectivity index (χ0) is 15.8. The van der Waals surface area contributed by atoms with Crippen LogP contribution in [0.5, 0.6) is 0 Å². The topological polar surface area (TPSA) is 26.3 Å². The first-order chi connectivity index (χ1) is 10.7. The Hall–Kier alpha value is -1.62. The van der Waals surface area contributed by atoms with Crippen LogP contribution in [0, 0.1) is 5.92 Å². The van der Waals surface area contributed by atoms with Crippen molar-refractivity contribution in [3.63, 3.8) is 0 Å². The molecule has 2 unspecified atom stereocenters. The molecule has 2 aromatic rings. The van der Waals surface area contributed by atoms with Gasteiger partial charge in [-0.1, -0.05) is 96.3 Å². The molecule has 0 fully saturated rings. The molecular formula is C19H19IO2. The van der Waals surface area contributed by atoms with E-state index in [-0.39, 0.29) is 11.9 Å². The lowest BCUT2D eigenvalue weighted by Crippen LogP contribution is -2.04. The lowest BCUT2D eigenvalue weighted by atomic mass is 10.0. The summed E-state index contributed by atoms with van der Waals surface area (Å²) in [7, 11) is 0. The molecule has 0 N–H and O–H groups in total. The van der Waals surface area contributed by atoms with E-state index in [1.165, 1.54) is 11.6 Å². The summed E-state index contributed by atoms with van der Waals surface area (Å²) >= 11 is 2.41. The van der Waals surface area contributed by atoms with Crippen LogP contribution in [0.1, 0.15) is 22.0 Å². The second-order valence-corrected chi connectivity index (χ2v) is 6.47. The smallest absolute Gasteiger partial charge is 0.330 e. The normalized spacial score (nSPS) is 13.7. The molecule has 22 heavy (non-hydrogen) atoms. The highest BCUT2D eigenvalue weighted by atomic mass is 127. The molecule has 0 amide bonds. The minimum Gasteiger partial charge on any atom is -0.458 e. The van der Waals surface area contributed by atoms with Crippen molar-refractivity contribution in [2.75, 3.05) is 0 Å². The van der Waals surface area contributed by atoms with Crippen LogP contribution in [-0.4, -0.2) is 5.97 Å². The Labute approximate surface area is 145 Å². The highest BCUT2D eigenvalue weighted by Gasteiger charge is 2.13. The molecule has 0 heterocycles. The molecule has 2 aromatic carbocycles.